The van der Waals surface area contributed by atoms with E-state index in [1.54, 1.807) is 4.90 Å². The first-order valence-electron chi connectivity index (χ1n) is 7.16. The first kappa shape index (κ1) is 16.9. The number of carbonyl (C=O) groups excluding carboxylic acids is 2. The minimum Gasteiger partial charge on any atom is -0.345 e. The van der Waals surface area contributed by atoms with E-state index in [1.165, 1.54) is 0 Å². The molecule has 0 radical (unpaired) electrons. The first-order chi connectivity index (χ1) is 8.56. The lowest BCUT2D eigenvalue weighted by molar-refractivity contribution is -0.146. The third-order valence-corrected chi connectivity index (χ3v) is 3.03. The largest absolute Gasteiger partial charge is 0.345 e. The summed E-state index contributed by atoms with van der Waals surface area (Å²) >= 11 is 0. The van der Waals surface area contributed by atoms with Crippen LogP contribution in [0, 0.1) is 0 Å². The number of carbonyl (C=O) groups is 2. The molecule has 0 aromatic heterocycles. The standard InChI is InChI=1S/C14H28N2O2/c1-5-8-10-16(11-9-6-2)14(18)13(17)15-12(4)7-3/h12H,5-11H2,1-4H3,(H,15,17). The van der Waals surface area contributed by atoms with E-state index in [0.717, 1.165) is 32.1 Å². The van der Waals surface area contributed by atoms with Crippen LogP contribution in [0.3, 0.4) is 0 Å². The molecular formula is C14H28N2O2. The Morgan fingerprint density at radius 3 is 1.94 bits per heavy atom. The van der Waals surface area contributed by atoms with Crippen LogP contribution in [0.5, 0.6) is 0 Å². The molecule has 4 nitrogen and oxygen atoms in total. The average Bonchev–Trinajstić information content (AvgIpc) is 2.37. The molecule has 0 aliphatic heterocycles. The molecule has 0 aliphatic rings. The molecular weight excluding hydrogens is 228 g/mol. The van der Waals surface area contributed by atoms with Crippen LogP contribution in [0.2, 0.25) is 0 Å². The molecule has 18 heavy (non-hydrogen) atoms. The second-order valence-corrected chi connectivity index (χ2v) is 4.78. The SMILES string of the molecule is CCCCN(CCCC)C(=O)C(=O)NC(C)CC. The molecule has 0 aromatic carbocycles. The number of rotatable bonds is 8. The number of nitrogens with zero attached hydrogens (tertiary/aromatic N) is 1. The summed E-state index contributed by atoms with van der Waals surface area (Å²) in [5.41, 5.74) is 0. The lowest BCUT2D eigenvalue weighted by Crippen LogP contribution is -2.46. The van der Waals surface area contributed by atoms with Gasteiger partial charge in [-0.3, -0.25) is 9.59 Å². The van der Waals surface area contributed by atoms with Crippen LogP contribution < -0.4 is 5.32 Å². The molecule has 106 valence electrons. The number of hydrogen-bond acceptors (Lipinski definition) is 2. The number of hydrogen-bond donors (Lipinski definition) is 1. The maximum absolute atomic E-state index is 12.0. The summed E-state index contributed by atoms with van der Waals surface area (Å²) in [5, 5.41) is 2.73. The maximum atomic E-state index is 12.0. The van der Waals surface area contributed by atoms with Gasteiger partial charge in [-0.1, -0.05) is 33.6 Å². The molecule has 1 unspecified atom stereocenters. The van der Waals surface area contributed by atoms with Gasteiger partial charge in [0.25, 0.3) is 0 Å². The smallest absolute Gasteiger partial charge is 0.311 e. The summed E-state index contributed by atoms with van der Waals surface area (Å²) in [4.78, 5) is 25.5. The minimum absolute atomic E-state index is 0.0562. The van der Waals surface area contributed by atoms with Crippen LogP contribution in [0.4, 0.5) is 0 Å². The Morgan fingerprint density at radius 1 is 1.06 bits per heavy atom. The van der Waals surface area contributed by atoms with Crippen LogP contribution in [0.1, 0.15) is 59.8 Å². The van der Waals surface area contributed by atoms with Crippen molar-refractivity contribution in [2.24, 2.45) is 0 Å². The van der Waals surface area contributed by atoms with E-state index in [2.05, 4.69) is 19.2 Å². The fourth-order valence-corrected chi connectivity index (χ4v) is 1.54. The van der Waals surface area contributed by atoms with E-state index in [-0.39, 0.29) is 11.9 Å². The van der Waals surface area contributed by atoms with Crippen molar-refractivity contribution in [3.63, 3.8) is 0 Å². The number of amides is 2. The monoisotopic (exact) mass is 256 g/mol. The molecule has 0 saturated heterocycles. The predicted molar refractivity (Wildman–Crippen MR) is 74.3 cm³/mol. The van der Waals surface area contributed by atoms with Crippen LogP contribution in [-0.4, -0.2) is 35.8 Å². The van der Waals surface area contributed by atoms with Gasteiger partial charge in [0.1, 0.15) is 0 Å². The van der Waals surface area contributed by atoms with Gasteiger partial charge in [0.15, 0.2) is 0 Å². The van der Waals surface area contributed by atoms with Crippen molar-refractivity contribution in [2.45, 2.75) is 65.8 Å². The molecule has 0 heterocycles. The highest BCUT2D eigenvalue weighted by Gasteiger charge is 2.21. The lowest BCUT2D eigenvalue weighted by atomic mass is 10.2. The number of unbranched alkanes of at least 4 members (excludes halogenated alkanes) is 2. The van der Waals surface area contributed by atoms with Gasteiger partial charge in [-0.25, -0.2) is 0 Å². The van der Waals surface area contributed by atoms with Gasteiger partial charge in [0.2, 0.25) is 0 Å². The zero-order valence-corrected chi connectivity index (χ0v) is 12.3. The molecule has 0 fully saturated rings. The maximum Gasteiger partial charge on any atom is 0.311 e. The van der Waals surface area contributed by atoms with E-state index < -0.39 is 5.91 Å². The molecule has 2 amide bonds. The second-order valence-electron chi connectivity index (χ2n) is 4.78. The molecule has 0 aliphatic carbocycles. The highest BCUT2D eigenvalue weighted by atomic mass is 16.2. The average molecular weight is 256 g/mol. The Morgan fingerprint density at radius 2 is 1.56 bits per heavy atom. The Balaban J connectivity index is 4.37. The van der Waals surface area contributed by atoms with Gasteiger partial charge in [-0.15, -0.1) is 0 Å². The molecule has 0 saturated carbocycles. The van der Waals surface area contributed by atoms with E-state index >= 15 is 0 Å². The van der Waals surface area contributed by atoms with E-state index in [0.29, 0.717) is 13.1 Å². The summed E-state index contributed by atoms with van der Waals surface area (Å²) in [6.45, 7) is 9.44. The fraction of sp³-hybridized carbons (Fsp3) is 0.857. The molecule has 1 atom stereocenters. The van der Waals surface area contributed by atoms with Crippen LogP contribution in [0.15, 0.2) is 0 Å². The van der Waals surface area contributed by atoms with Crippen LogP contribution in [-0.2, 0) is 9.59 Å². The summed E-state index contributed by atoms with van der Waals surface area (Å²) in [5.74, 6) is -0.839. The summed E-state index contributed by atoms with van der Waals surface area (Å²) in [6.07, 6.45) is 4.80. The number of nitrogens with one attached hydrogen (secondary N) is 1. The second kappa shape index (κ2) is 9.92. The van der Waals surface area contributed by atoms with Gasteiger partial charge in [0.05, 0.1) is 0 Å². The predicted octanol–water partition coefficient (Wildman–Crippen LogP) is 2.33. The van der Waals surface area contributed by atoms with Crippen molar-refractivity contribution in [1.82, 2.24) is 10.2 Å². The third-order valence-electron chi connectivity index (χ3n) is 3.03. The summed E-state index contributed by atoms with van der Waals surface area (Å²) < 4.78 is 0. The summed E-state index contributed by atoms with van der Waals surface area (Å²) in [7, 11) is 0. The van der Waals surface area contributed by atoms with Gasteiger partial charge < -0.3 is 10.2 Å². The minimum atomic E-state index is -0.462. The fourth-order valence-electron chi connectivity index (χ4n) is 1.54. The third kappa shape index (κ3) is 6.62. The first-order valence-corrected chi connectivity index (χ1v) is 7.16. The van der Waals surface area contributed by atoms with E-state index in [1.807, 2.05) is 13.8 Å². The van der Waals surface area contributed by atoms with Crippen molar-refractivity contribution in [2.75, 3.05) is 13.1 Å². The van der Waals surface area contributed by atoms with Crippen LogP contribution >= 0.6 is 0 Å². The Labute approximate surface area is 111 Å². The Kier molecular flexibility index (Phi) is 9.33. The Hall–Kier alpha value is -1.06. The zero-order valence-electron chi connectivity index (χ0n) is 12.3. The van der Waals surface area contributed by atoms with E-state index in [9.17, 15) is 9.59 Å². The molecule has 0 aromatic rings. The van der Waals surface area contributed by atoms with Crippen molar-refractivity contribution >= 4 is 11.8 Å². The Bertz CT molecular complexity index is 246. The summed E-state index contributed by atoms with van der Waals surface area (Å²) in [6, 6.07) is 0.0562. The van der Waals surface area contributed by atoms with Gasteiger partial charge in [-0.2, -0.15) is 0 Å². The lowest BCUT2D eigenvalue weighted by Gasteiger charge is -2.22. The molecule has 0 rings (SSSR count). The van der Waals surface area contributed by atoms with Crippen molar-refractivity contribution < 1.29 is 9.59 Å². The quantitative estimate of drug-likeness (QED) is 0.678. The van der Waals surface area contributed by atoms with Gasteiger partial charge in [0, 0.05) is 19.1 Å². The molecule has 4 heteroatoms. The van der Waals surface area contributed by atoms with Crippen molar-refractivity contribution in [1.29, 1.82) is 0 Å². The van der Waals surface area contributed by atoms with Crippen molar-refractivity contribution in [3.8, 4) is 0 Å². The highest BCUT2D eigenvalue weighted by Crippen LogP contribution is 2.01. The topological polar surface area (TPSA) is 49.4 Å². The van der Waals surface area contributed by atoms with Gasteiger partial charge >= 0.3 is 11.8 Å². The zero-order chi connectivity index (χ0) is 14.0. The normalized spacial score (nSPS) is 12.0. The van der Waals surface area contributed by atoms with E-state index in [4.69, 9.17) is 0 Å². The van der Waals surface area contributed by atoms with Crippen molar-refractivity contribution in [3.05, 3.63) is 0 Å². The molecule has 1 N–H and O–H groups in total. The van der Waals surface area contributed by atoms with Crippen LogP contribution in [0.25, 0.3) is 0 Å². The molecule has 0 bridgehead atoms. The van der Waals surface area contributed by atoms with Gasteiger partial charge in [-0.05, 0) is 26.2 Å². The highest BCUT2D eigenvalue weighted by molar-refractivity contribution is 6.35. The molecule has 0 spiro atoms.